The van der Waals surface area contributed by atoms with Crippen LogP contribution in [0.15, 0.2) is 52.4 Å². The van der Waals surface area contributed by atoms with Gasteiger partial charge in [0.25, 0.3) is 0 Å². The molecule has 1 saturated heterocycles. The average molecular weight is 554 g/mol. The number of nitrogens with zero attached hydrogens (tertiary/aromatic N) is 3. The number of ether oxygens (including phenoxy) is 4. The van der Waals surface area contributed by atoms with Crippen molar-refractivity contribution in [2.24, 2.45) is 0 Å². The van der Waals surface area contributed by atoms with E-state index >= 15 is 0 Å². The van der Waals surface area contributed by atoms with Gasteiger partial charge in [0, 0.05) is 44.8 Å². The number of β-amino-alcohol motifs (C(OH)–C–C–N with tert-alkyl or cyclic N) is 1. The van der Waals surface area contributed by atoms with Gasteiger partial charge in [-0.1, -0.05) is 17.3 Å². The van der Waals surface area contributed by atoms with Gasteiger partial charge in [0.1, 0.15) is 28.9 Å². The molecular weight excluding hydrogens is 518 g/mol. The fraction of sp³-hybridized carbons (Fsp3) is 0.414. The molecule has 9 nitrogen and oxygen atoms in total. The predicted octanol–water partition coefficient (Wildman–Crippen LogP) is 4.18. The Morgan fingerprint density at radius 3 is 2.44 bits per heavy atom. The van der Waals surface area contributed by atoms with E-state index in [9.17, 15) is 5.11 Å². The smallest absolute Gasteiger partial charge is 0.203 e. The van der Waals surface area contributed by atoms with Crippen molar-refractivity contribution in [3.8, 4) is 34.3 Å². The molecule has 208 valence electrons. The van der Waals surface area contributed by atoms with Crippen molar-refractivity contribution >= 4 is 21.6 Å². The van der Waals surface area contributed by atoms with E-state index in [0.29, 0.717) is 29.5 Å². The third-order valence-electron chi connectivity index (χ3n) is 7.00. The van der Waals surface area contributed by atoms with Gasteiger partial charge in [0.2, 0.25) is 5.75 Å². The number of rotatable bonds is 12. The summed E-state index contributed by atoms with van der Waals surface area (Å²) in [6.07, 6.45) is 0.314. The Hall–Kier alpha value is -3.31. The zero-order chi connectivity index (χ0) is 27.2. The molecular formula is C29H35N3O6S. The molecule has 39 heavy (non-hydrogen) atoms. The molecule has 0 spiro atoms. The molecule has 0 bridgehead atoms. The molecule has 10 heteroatoms. The van der Waals surface area contributed by atoms with Gasteiger partial charge in [-0.05, 0) is 47.7 Å². The van der Waals surface area contributed by atoms with Gasteiger partial charge < -0.3 is 33.5 Å². The summed E-state index contributed by atoms with van der Waals surface area (Å²) >= 11 is 1.60. The SMILES string of the molecule is COc1cc(CCN2CCN(CC(O)COc3cccc(-c4noc5ccsc45)c3)CC2)cc(OC)c1OC. The number of hydrogen-bond donors (Lipinski definition) is 1. The zero-order valence-electron chi connectivity index (χ0n) is 22.6. The van der Waals surface area contributed by atoms with Gasteiger partial charge >= 0.3 is 0 Å². The maximum Gasteiger partial charge on any atom is 0.203 e. The first kappa shape index (κ1) is 27.3. The van der Waals surface area contributed by atoms with Gasteiger partial charge in [-0.25, -0.2) is 0 Å². The van der Waals surface area contributed by atoms with Crippen LogP contribution in [0.3, 0.4) is 0 Å². The van der Waals surface area contributed by atoms with E-state index in [2.05, 4.69) is 15.0 Å². The second-order valence-electron chi connectivity index (χ2n) is 9.56. The third-order valence-corrected chi connectivity index (χ3v) is 7.91. The van der Waals surface area contributed by atoms with Crippen molar-refractivity contribution in [1.82, 2.24) is 15.0 Å². The fourth-order valence-corrected chi connectivity index (χ4v) is 5.72. The van der Waals surface area contributed by atoms with Gasteiger partial charge in [-0.2, -0.15) is 0 Å². The van der Waals surface area contributed by atoms with E-state index < -0.39 is 6.10 Å². The maximum atomic E-state index is 10.6. The van der Waals surface area contributed by atoms with Crippen LogP contribution in [0.5, 0.6) is 23.0 Å². The molecule has 0 amide bonds. The number of aliphatic hydroxyl groups excluding tert-OH is 1. The summed E-state index contributed by atoms with van der Waals surface area (Å²) < 4.78 is 28.7. The van der Waals surface area contributed by atoms with Crippen LogP contribution in [-0.2, 0) is 6.42 Å². The summed E-state index contributed by atoms with van der Waals surface area (Å²) in [6, 6.07) is 13.7. The number of piperazine rings is 1. The highest BCUT2D eigenvalue weighted by Gasteiger charge is 2.20. The summed E-state index contributed by atoms with van der Waals surface area (Å²) in [7, 11) is 4.89. The van der Waals surface area contributed by atoms with Crippen LogP contribution in [0.2, 0.25) is 0 Å². The van der Waals surface area contributed by atoms with Gasteiger partial charge in [0.05, 0.1) is 21.3 Å². The Balaban J connectivity index is 1.06. The lowest BCUT2D eigenvalue weighted by Gasteiger charge is -2.35. The molecule has 4 aromatic rings. The summed E-state index contributed by atoms with van der Waals surface area (Å²) in [5, 5.41) is 16.8. The highest BCUT2D eigenvalue weighted by Crippen LogP contribution is 2.38. The van der Waals surface area contributed by atoms with Gasteiger partial charge in [-0.15, -0.1) is 11.3 Å². The van der Waals surface area contributed by atoms with E-state index in [0.717, 1.165) is 66.2 Å². The topological polar surface area (TPSA) is 89.7 Å². The van der Waals surface area contributed by atoms with Crippen molar-refractivity contribution in [3.63, 3.8) is 0 Å². The Morgan fingerprint density at radius 1 is 0.974 bits per heavy atom. The maximum absolute atomic E-state index is 10.6. The van der Waals surface area contributed by atoms with Crippen molar-refractivity contribution in [3.05, 3.63) is 53.4 Å². The quantitative estimate of drug-likeness (QED) is 0.277. The molecule has 0 radical (unpaired) electrons. The number of fused-ring (bicyclic) bond motifs is 1. The first-order chi connectivity index (χ1) is 19.1. The Labute approximate surface area is 232 Å². The van der Waals surface area contributed by atoms with Gasteiger partial charge in [-0.3, -0.25) is 4.90 Å². The molecule has 1 unspecified atom stereocenters. The Morgan fingerprint density at radius 2 is 1.72 bits per heavy atom. The molecule has 2 aromatic heterocycles. The molecule has 5 rings (SSSR count). The molecule has 1 fully saturated rings. The number of thiophene rings is 1. The second kappa shape index (κ2) is 12.7. The number of aliphatic hydroxyl groups is 1. The average Bonchev–Trinajstić information content (AvgIpc) is 3.60. The van der Waals surface area contributed by atoms with E-state index in [4.69, 9.17) is 23.5 Å². The number of benzene rings is 2. The first-order valence-corrected chi connectivity index (χ1v) is 13.9. The lowest BCUT2D eigenvalue weighted by Crippen LogP contribution is -2.49. The zero-order valence-corrected chi connectivity index (χ0v) is 23.4. The largest absolute Gasteiger partial charge is 0.493 e. The minimum atomic E-state index is -0.574. The monoisotopic (exact) mass is 553 g/mol. The van der Waals surface area contributed by atoms with Crippen molar-refractivity contribution in [2.75, 3.05) is 67.2 Å². The standard InChI is InChI=1S/C29H35N3O6S/c1-34-25-15-20(16-26(35-2)28(25)36-3)7-9-31-10-12-32(13-11-31)18-22(33)19-37-23-6-4-5-21(17-23)27-29-24(38-30-27)8-14-39-29/h4-6,8,14-17,22,33H,7,9-13,18-19H2,1-3H3. The predicted molar refractivity (Wildman–Crippen MR) is 152 cm³/mol. The van der Waals surface area contributed by atoms with E-state index in [-0.39, 0.29) is 6.61 Å². The number of methoxy groups -OCH3 is 3. The lowest BCUT2D eigenvalue weighted by atomic mass is 10.1. The molecule has 1 N–H and O–H groups in total. The molecule has 0 aliphatic carbocycles. The minimum absolute atomic E-state index is 0.234. The highest BCUT2D eigenvalue weighted by molar-refractivity contribution is 7.17. The van der Waals surface area contributed by atoms with E-state index in [1.165, 1.54) is 0 Å². The number of aromatic nitrogens is 1. The van der Waals surface area contributed by atoms with Crippen LogP contribution < -0.4 is 18.9 Å². The summed E-state index contributed by atoms with van der Waals surface area (Å²) in [5.41, 5.74) is 3.69. The van der Waals surface area contributed by atoms with Crippen molar-refractivity contribution in [2.45, 2.75) is 12.5 Å². The van der Waals surface area contributed by atoms with Crippen LogP contribution in [0.4, 0.5) is 0 Å². The van der Waals surface area contributed by atoms with E-state index in [1.807, 2.05) is 47.8 Å². The lowest BCUT2D eigenvalue weighted by molar-refractivity contribution is 0.0463. The van der Waals surface area contributed by atoms with Crippen LogP contribution >= 0.6 is 11.3 Å². The Bertz CT molecular complexity index is 1340. The van der Waals surface area contributed by atoms with Crippen molar-refractivity contribution < 1.29 is 28.6 Å². The fourth-order valence-electron chi connectivity index (χ4n) is 4.90. The van der Waals surface area contributed by atoms with Crippen LogP contribution in [0.1, 0.15) is 5.56 Å². The second-order valence-corrected chi connectivity index (χ2v) is 10.5. The molecule has 2 aromatic carbocycles. The van der Waals surface area contributed by atoms with Crippen LogP contribution in [0, 0.1) is 0 Å². The Kier molecular flexibility index (Phi) is 8.88. The highest BCUT2D eigenvalue weighted by atomic mass is 32.1. The molecule has 3 heterocycles. The summed E-state index contributed by atoms with van der Waals surface area (Å²) in [4.78, 5) is 4.74. The third kappa shape index (κ3) is 6.47. The molecule has 1 aliphatic heterocycles. The van der Waals surface area contributed by atoms with E-state index in [1.54, 1.807) is 32.7 Å². The van der Waals surface area contributed by atoms with Crippen molar-refractivity contribution in [1.29, 1.82) is 0 Å². The molecule has 1 aliphatic rings. The summed E-state index contributed by atoms with van der Waals surface area (Å²) in [5.74, 6) is 2.67. The summed E-state index contributed by atoms with van der Waals surface area (Å²) in [6.45, 7) is 5.48. The normalized spacial score (nSPS) is 15.4. The van der Waals surface area contributed by atoms with Crippen LogP contribution in [-0.4, -0.2) is 93.4 Å². The first-order valence-electron chi connectivity index (χ1n) is 13.1. The molecule has 1 atom stereocenters. The minimum Gasteiger partial charge on any atom is -0.493 e. The molecule has 0 saturated carbocycles. The van der Waals surface area contributed by atoms with Gasteiger partial charge in [0.15, 0.2) is 17.1 Å². The van der Waals surface area contributed by atoms with Crippen LogP contribution in [0.25, 0.3) is 21.5 Å². The number of hydrogen-bond acceptors (Lipinski definition) is 10.